The molecule has 3 aromatic carbocycles. The van der Waals surface area contributed by atoms with E-state index in [4.69, 9.17) is 8.92 Å². The Bertz CT molecular complexity index is 1500. The van der Waals surface area contributed by atoms with Crippen molar-refractivity contribution in [1.29, 1.82) is 0 Å². The molecular weight excluding hydrogens is 603 g/mol. The molecule has 0 bridgehead atoms. The Morgan fingerprint density at radius 1 is 1.00 bits per heavy atom. The van der Waals surface area contributed by atoms with Crippen LogP contribution in [0.15, 0.2) is 77.2 Å². The van der Waals surface area contributed by atoms with Gasteiger partial charge < -0.3 is 14.0 Å². The first-order valence-corrected chi connectivity index (χ1v) is 12.7. The van der Waals surface area contributed by atoms with Crippen molar-refractivity contribution < 1.29 is 36.8 Å². The molecule has 0 aliphatic carbocycles. The molecule has 12 heteroatoms. The van der Waals surface area contributed by atoms with Gasteiger partial charge in [0.25, 0.3) is 11.8 Å². The fraction of sp³-hybridized carbons (Fsp3) is 0.0417. The highest BCUT2D eigenvalue weighted by Crippen LogP contribution is 2.37. The van der Waals surface area contributed by atoms with Crippen LogP contribution in [0.4, 0.5) is 10.5 Å². The van der Waals surface area contributed by atoms with Gasteiger partial charge in [-0.25, -0.2) is 9.69 Å². The lowest BCUT2D eigenvalue weighted by Crippen LogP contribution is -2.54. The van der Waals surface area contributed by atoms with Crippen molar-refractivity contribution in [2.24, 2.45) is 0 Å². The van der Waals surface area contributed by atoms with Gasteiger partial charge in [-0.05, 0) is 82.8 Å². The minimum atomic E-state index is -4.15. The summed E-state index contributed by atoms with van der Waals surface area (Å²) in [6.07, 6.45) is 1.25. The molecule has 0 aromatic heterocycles. The first kappa shape index (κ1) is 25.2. The predicted molar refractivity (Wildman–Crippen MR) is 137 cm³/mol. The topological polar surface area (TPSA) is 139 Å². The Morgan fingerprint density at radius 3 is 2.31 bits per heavy atom. The van der Waals surface area contributed by atoms with Crippen molar-refractivity contribution in [3.8, 4) is 17.2 Å². The van der Waals surface area contributed by atoms with E-state index < -0.39 is 28.0 Å². The van der Waals surface area contributed by atoms with E-state index in [2.05, 4.69) is 5.32 Å². The molecule has 0 saturated carbocycles. The molecule has 10 nitrogen and oxygen atoms in total. The van der Waals surface area contributed by atoms with Gasteiger partial charge in [-0.1, -0.05) is 18.2 Å². The number of nitrogens with one attached hydrogen (secondary N) is 1. The van der Waals surface area contributed by atoms with Crippen molar-refractivity contribution in [1.82, 2.24) is 5.32 Å². The second kappa shape index (κ2) is 9.99. The quantitative estimate of drug-likeness (QED) is 0.185. The van der Waals surface area contributed by atoms with Gasteiger partial charge in [-0.15, -0.1) is 0 Å². The van der Waals surface area contributed by atoms with Gasteiger partial charge in [0.2, 0.25) is 0 Å². The summed E-state index contributed by atoms with van der Waals surface area (Å²) in [4.78, 5) is 38.6. The largest absolute Gasteiger partial charge is 0.508 e. The van der Waals surface area contributed by atoms with E-state index >= 15 is 0 Å². The first-order valence-electron chi connectivity index (χ1n) is 10.2. The highest BCUT2D eigenvalue weighted by atomic mass is 127. The molecule has 184 valence electrons. The van der Waals surface area contributed by atoms with Crippen molar-refractivity contribution >= 4 is 62.3 Å². The first-order chi connectivity index (χ1) is 17.1. The number of carbonyl (C=O) groups excluding carboxylic acids is 3. The number of imide groups is 2. The van der Waals surface area contributed by atoms with Gasteiger partial charge in [0.05, 0.1) is 16.4 Å². The molecule has 1 heterocycles. The average Bonchev–Trinajstić information content (AvgIpc) is 2.84. The third-order valence-corrected chi connectivity index (χ3v) is 7.03. The van der Waals surface area contributed by atoms with E-state index in [1.54, 1.807) is 18.2 Å². The van der Waals surface area contributed by atoms with Gasteiger partial charge in [-0.2, -0.15) is 8.42 Å². The van der Waals surface area contributed by atoms with E-state index in [1.807, 2.05) is 22.6 Å². The number of phenolic OH excluding ortho intramolecular Hbond substituents is 1. The lowest BCUT2D eigenvalue weighted by molar-refractivity contribution is -0.122. The minimum Gasteiger partial charge on any atom is -0.508 e. The third kappa shape index (κ3) is 5.04. The number of nitrogens with zero attached hydrogens (tertiary/aromatic N) is 1. The molecule has 2 N–H and O–H groups in total. The summed E-state index contributed by atoms with van der Waals surface area (Å²) in [6.45, 7) is 0. The van der Waals surface area contributed by atoms with E-state index in [1.165, 1.54) is 61.7 Å². The summed E-state index contributed by atoms with van der Waals surface area (Å²) in [5.41, 5.74) is 0.126. The second-order valence-electron chi connectivity index (χ2n) is 7.36. The van der Waals surface area contributed by atoms with Crippen LogP contribution in [0.5, 0.6) is 17.2 Å². The fourth-order valence-corrected chi connectivity index (χ4v) is 5.17. The van der Waals surface area contributed by atoms with Crippen LogP contribution in [-0.2, 0) is 19.7 Å². The van der Waals surface area contributed by atoms with Gasteiger partial charge in [0, 0.05) is 0 Å². The number of hydrogen-bond acceptors (Lipinski definition) is 8. The van der Waals surface area contributed by atoms with Crippen LogP contribution in [0.2, 0.25) is 0 Å². The number of phenols is 1. The third-order valence-electron chi connectivity index (χ3n) is 5.00. The van der Waals surface area contributed by atoms with Crippen molar-refractivity contribution in [2.45, 2.75) is 4.90 Å². The van der Waals surface area contributed by atoms with Gasteiger partial charge >= 0.3 is 16.1 Å². The highest BCUT2D eigenvalue weighted by Gasteiger charge is 2.37. The van der Waals surface area contributed by atoms with Crippen LogP contribution in [-0.4, -0.2) is 38.5 Å². The Hall–Kier alpha value is -3.91. The summed E-state index contributed by atoms with van der Waals surface area (Å²) in [7, 11) is -2.84. The summed E-state index contributed by atoms with van der Waals surface area (Å²) < 4.78 is 36.3. The number of carbonyl (C=O) groups is 3. The zero-order valence-corrected chi connectivity index (χ0v) is 21.4. The molecule has 4 amide bonds. The van der Waals surface area contributed by atoms with Gasteiger partial charge in [0.1, 0.15) is 16.2 Å². The SMILES string of the molecule is COc1cc(/C=C2\C(=O)NC(=O)N(c3ccc(O)cc3)C2=O)cc(I)c1OS(=O)(=O)c1ccccc1. The Morgan fingerprint density at radius 2 is 1.67 bits per heavy atom. The van der Waals surface area contributed by atoms with Crippen LogP contribution in [0.3, 0.4) is 0 Å². The average molecular weight is 620 g/mol. The Labute approximate surface area is 219 Å². The number of aromatic hydroxyl groups is 1. The van der Waals surface area contributed by atoms with Crippen molar-refractivity contribution in [2.75, 3.05) is 12.0 Å². The lowest BCUT2D eigenvalue weighted by Gasteiger charge is -2.26. The van der Waals surface area contributed by atoms with E-state index in [0.717, 1.165) is 4.90 Å². The molecule has 0 radical (unpaired) electrons. The number of methoxy groups -OCH3 is 1. The molecule has 4 rings (SSSR count). The number of barbiturate groups is 1. The number of benzene rings is 3. The smallest absolute Gasteiger partial charge is 0.339 e. The monoisotopic (exact) mass is 620 g/mol. The predicted octanol–water partition coefficient (Wildman–Crippen LogP) is 3.44. The number of halogens is 1. The van der Waals surface area contributed by atoms with E-state index in [9.17, 15) is 27.9 Å². The molecule has 1 fully saturated rings. The number of rotatable bonds is 6. The highest BCUT2D eigenvalue weighted by molar-refractivity contribution is 14.1. The lowest BCUT2D eigenvalue weighted by atomic mass is 10.1. The van der Waals surface area contributed by atoms with Crippen LogP contribution in [0.25, 0.3) is 6.08 Å². The summed E-state index contributed by atoms with van der Waals surface area (Å²) >= 11 is 1.85. The molecule has 1 aliphatic rings. The molecule has 0 atom stereocenters. The maximum atomic E-state index is 13.1. The minimum absolute atomic E-state index is 0.0440. The Balaban J connectivity index is 1.70. The number of anilines is 1. The maximum Gasteiger partial charge on any atom is 0.339 e. The Kier molecular flexibility index (Phi) is 6.99. The van der Waals surface area contributed by atoms with Crippen molar-refractivity contribution in [3.05, 3.63) is 81.4 Å². The fourth-order valence-electron chi connectivity index (χ4n) is 3.31. The number of ether oxygens (including phenoxy) is 1. The molecule has 1 aliphatic heterocycles. The van der Waals surface area contributed by atoms with Gasteiger partial charge in [-0.3, -0.25) is 14.9 Å². The molecule has 36 heavy (non-hydrogen) atoms. The number of hydrogen-bond donors (Lipinski definition) is 2. The van der Waals surface area contributed by atoms with Crippen LogP contribution < -0.4 is 19.1 Å². The molecule has 1 saturated heterocycles. The van der Waals surface area contributed by atoms with Crippen LogP contribution in [0.1, 0.15) is 5.56 Å². The van der Waals surface area contributed by atoms with Crippen LogP contribution in [0, 0.1) is 3.57 Å². The summed E-state index contributed by atoms with van der Waals surface area (Å²) in [6, 6.07) is 14.8. The van der Waals surface area contributed by atoms with Crippen molar-refractivity contribution in [3.63, 3.8) is 0 Å². The van der Waals surface area contributed by atoms with Gasteiger partial charge in [0.15, 0.2) is 11.5 Å². The molecular formula is C24H17IN2O8S. The summed E-state index contributed by atoms with van der Waals surface area (Å²) in [5, 5.41) is 11.6. The van der Waals surface area contributed by atoms with E-state index in [-0.39, 0.29) is 33.4 Å². The molecule has 3 aromatic rings. The standard InChI is InChI=1S/C24H17IN2O8S/c1-34-20-13-14(12-19(25)21(20)35-36(32,33)17-5-3-2-4-6-17)11-18-22(29)26-24(31)27(23(18)30)15-7-9-16(28)10-8-15/h2-13,28H,1H3,(H,26,29,31)/b18-11+. The normalized spacial score (nSPS) is 15.1. The molecule has 0 spiro atoms. The van der Waals surface area contributed by atoms with E-state index in [0.29, 0.717) is 9.13 Å². The zero-order chi connectivity index (χ0) is 26.0. The number of amides is 4. The molecule has 0 unspecified atom stereocenters. The maximum absolute atomic E-state index is 13.1. The summed E-state index contributed by atoms with van der Waals surface area (Å²) in [5.74, 6) is -1.86. The van der Waals surface area contributed by atoms with Crippen LogP contribution >= 0.6 is 22.6 Å². The second-order valence-corrected chi connectivity index (χ2v) is 10.1. The number of urea groups is 1. The zero-order valence-electron chi connectivity index (χ0n) is 18.5.